The van der Waals surface area contributed by atoms with Gasteiger partial charge in [-0.1, -0.05) is 35.6 Å². The number of fused-ring (bicyclic) bond motifs is 1. The number of aryl methyl sites for hydroxylation is 1. The molecule has 0 spiro atoms. The van der Waals surface area contributed by atoms with E-state index in [-0.39, 0.29) is 5.91 Å². The number of amides is 1. The van der Waals surface area contributed by atoms with Crippen molar-refractivity contribution in [2.75, 3.05) is 18.0 Å². The minimum absolute atomic E-state index is 0.0388. The fourth-order valence-electron chi connectivity index (χ4n) is 3.36. The summed E-state index contributed by atoms with van der Waals surface area (Å²) in [6.45, 7) is 4.78. The molecule has 0 aliphatic carbocycles. The first-order valence-electron chi connectivity index (χ1n) is 9.19. The predicted octanol–water partition coefficient (Wildman–Crippen LogP) is 4.53. The molecule has 1 amide bonds. The lowest BCUT2D eigenvalue weighted by Gasteiger charge is -2.25. The number of thiazole rings is 1. The summed E-state index contributed by atoms with van der Waals surface area (Å²) < 4.78 is 1.08. The third kappa shape index (κ3) is 3.58. The van der Waals surface area contributed by atoms with Gasteiger partial charge in [0.25, 0.3) is 5.91 Å². The SMILES string of the molecule is Cc1ccccc1CNC(=O)c1ccc2nc(N3CCCCC3)sc2c1. The van der Waals surface area contributed by atoms with Crippen molar-refractivity contribution in [1.29, 1.82) is 0 Å². The molecule has 134 valence electrons. The smallest absolute Gasteiger partial charge is 0.251 e. The maximum Gasteiger partial charge on any atom is 0.251 e. The first kappa shape index (κ1) is 17.0. The zero-order valence-corrected chi connectivity index (χ0v) is 15.8. The van der Waals surface area contributed by atoms with Gasteiger partial charge in [0.2, 0.25) is 0 Å². The number of carbonyl (C=O) groups is 1. The van der Waals surface area contributed by atoms with Crippen molar-refractivity contribution in [1.82, 2.24) is 10.3 Å². The third-order valence-electron chi connectivity index (χ3n) is 4.97. The molecule has 4 nitrogen and oxygen atoms in total. The number of nitrogens with one attached hydrogen (secondary N) is 1. The molecule has 1 N–H and O–H groups in total. The van der Waals surface area contributed by atoms with Crippen LogP contribution in [0.1, 0.15) is 40.7 Å². The average molecular weight is 366 g/mol. The molecule has 2 aromatic carbocycles. The molecule has 26 heavy (non-hydrogen) atoms. The number of benzene rings is 2. The van der Waals surface area contributed by atoms with Gasteiger partial charge >= 0.3 is 0 Å². The fourth-order valence-corrected chi connectivity index (χ4v) is 4.42. The van der Waals surface area contributed by atoms with Gasteiger partial charge in [0.05, 0.1) is 10.2 Å². The van der Waals surface area contributed by atoms with E-state index in [1.165, 1.54) is 24.8 Å². The van der Waals surface area contributed by atoms with Gasteiger partial charge in [-0.05, 0) is 55.5 Å². The number of rotatable bonds is 4. The van der Waals surface area contributed by atoms with Gasteiger partial charge in [-0.15, -0.1) is 0 Å². The van der Waals surface area contributed by atoms with Crippen LogP contribution >= 0.6 is 11.3 Å². The quantitative estimate of drug-likeness (QED) is 0.739. The minimum Gasteiger partial charge on any atom is -0.348 e. The lowest BCUT2D eigenvalue weighted by molar-refractivity contribution is 0.0951. The van der Waals surface area contributed by atoms with E-state index in [1.54, 1.807) is 11.3 Å². The van der Waals surface area contributed by atoms with Crippen molar-refractivity contribution in [3.8, 4) is 0 Å². The first-order valence-corrected chi connectivity index (χ1v) is 10.0. The Labute approximate surface area is 157 Å². The van der Waals surface area contributed by atoms with Gasteiger partial charge in [0.1, 0.15) is 0 Å². The van der Waals surface area contributed by atoms with Crippen LogP contribution < -0.4 is 10.2 Å². The van der Waals surface area contributed by atoms with Gasteiger partial charge in [0.15, 0.2) is 5.13 Å². The number of hydrogen-bond acceptors (Lipinski definition) is 4. The van der Waals surface area contributed by atoms with E-state index in [0.29, 0.717) is 12.1 Å². The first-order chi connectivity index (χ1) is 12.7. The molecule has 0 saturated carbocycles. The molecular weight excluding hydrogens is 342 g/mol. The molecule has 5 heteroatoms. The van der Waals surface area contributed by atoms with Gasteiger partial charge in [-0.25, -0.2) is 4.98 Å². The van der Waals surface area contributed by atoms with Crippen molar-refractivity contribution in [3.05, 3.63) is 59.2 Å². The summed E-state index contributed by atoms with van der Waals surface area (Å²) in [5.74, 6) is -0.0388. The summed E-state index contributed by atoms with van der Waals surface area (Å²) in [6, 6.07) is 13.9. The summed E-state index contributed by atoms with van der Waals surface area (Å²) in [5.41, 5.74) is 4.01. The Morgan fingerprint density at radius 2 is 1.96 bits per heavy atom. The molecule has 2 heterocycles. The van der Waals surface area contributed by atoms with Crippen molar-refractivity contribution >= 4 is 32.6 Å². The Hall–Kier alpha value is -2.40. The monoisotopic (exact) mass is 365 g/mol. The van der Waals surface area contributed by atoms with Crippen LogP contribution in [-0.2, 0) is 6.54 Å². The Morgan fingerprint density at radius 3 is 2.77 bits per heavy atom. The highest BCUT2D eigenvalue weighted by atomic mass is 32.1. The molecular formula is C21H23N3OS. The van der Waals surface area contributed by atoms with E-state index in [2.05, 4.69) is 23.2 Å². The zero-order chi connectivity index (χ0) is 17.9. The summed E-state index contributed by atoms with van der Waals surface area (Å²) in [5, 5.41) is 4.11. The fraction of sp³-hybridized carbons (Fsp3) is 0.333. The van der Waals surface area contributed by atoms with Crippen LogP contribution in [0.3, 0.4) is 0 Å². The molecule has 1 fully saturated rings. The highest BCUT2D eigenvalue weighted by Crippen LogP contribution is 2.31. The molecule has 1 aliphatic heterocycles. The van der Waals surface area contributed by atoms with Crippen LogP contribution in [0.4, 0.5) is 5.13 Å². The topological polar surface area (TPSA) is 45.2 Å². The second kappa shape index (κ2) is 7.46. The van der Waals surface area contributed by atoms with E-state index in [9.17, 15) is 4.79 Å². The third-order valence-corrected chi connectivity index (χ3v) is 6.05. The Bertz CT molecular complexity index is 928. The number of carbonyl (C=O) groups excluding carboxylic acids is 1. The zero-order valence-electron chi connectivity index (χ0n) is 15.0. The standard InChI is InChI=1S/C21H23N3OS/c1-15-7-3-4-8-17(15)14-22-20(25)16-9-10-18-19(13-16)26-21(23-18)24-11-5-2-6-12-24/h3-4,7-10,13H,2,5-6,11-12,14H2,1H3,(H,22,25). The van der Waals surface area contributed by atoms with E-state index in [4.69, 9.17) is 4.98 Å². The van der Waals surface area contributed by atoms with Crippen LogP contribution in [-0.4, -0.2) is 24.0 Å². The minimum atomic E-state index is -0.0388. The molecule has 0 bridgehead atoms. The summed E-state index contributed by atoms with van der Waals surface area (Å²) in [7, 11) is 0. The van der Waals surface area contributed by atoms with Crippen molar-refractivity contribution in [2.24, 2.45) is 0 Å². The predicted molar refractivity (Wildman–Crippen MR) is 108 cm³/mol. The molecule has 1 aliphatic rings. The summed E-state index contributed by atoms with van der Waals surface area (Å²) in [6.07, 6.45) is 3.79. The number of piperidine rings is 1. The molecule has 3 aromatic rings. The number of hydrogen-bond donors (Lipinski definition) is 1. The van der Waals surface area contributed by atoms with E-state index in [1.807, 2.05) is 36.4 Å². The van der Waals surface area contributed by atoms with Crippen LogP contribution in [0.25, 0.3) is 10.2 Å². The Morgan fingerprint density at radius 1 is 1.15 bits per heavy atom. The largest absolute Gasteiger partial charge is 0.348 e. The van der Waals surface area contributed by atoms with Gasteiger partial charge < -0.3 is 10.2 Å². The van der Waals surface area contributed by atoms with E-state index >= 15 is 0 Å². The molecule has 4 rings (SSSR count). The number of nitrogens with zero attached hydrogens (tertiary/aromatic N) is 2. The second-order valence-electron chi connectivity index (χ2n) is 6.84. The van der Waals surface area contributed by atoms with Crippen molar-refractivity contribution < 1.29 is 4.79 Å². The second-order valence-corrected chi connectivity index (χ2v) is 7.84. The average Bonchev–Trinajstić information content (AvgIpc) is 3.11. The van der Waals surface area contributed by atoms with E-state index in [0.717, 1.165) is 34.0 Å². The highest BCUT2D eigenvalue weighted by molar-refractivity contribution is 7.22. The number of anilines is 1. The lowest BCUT2D eigenvalue weighted by atomic mass is 10.1. The molecule has 0 radical (unpaired) electrons. The van der Waals surface area contributed by atoms with Crippen molar-refractivity contribution in [3.63, 3.8) is 0 Å². The van der Waals surface area contributed by atoms with Gasteiger partial charge in [-0.2, -0.15) is 0 Å². The molecule has 1 saturated heterocycles. The normalized spacial score (nSPS) is 14.6. The van der Waals surface area contributed by atoms with Gasteiger partial charge in [-0.3, -0.25) is 4.79 Å². The maximum absolute atomic E-state index is 12.5. The molecule has 0 unspecified atom stereocenters. The van der Waals surface area contributed by atoms with Crippen LogP contribution in [0.5, 0.6) is 0 Å². The van der Waals surface area contributed by atoms with Crippen molar-refractivity contribution in [2.45, 2.75) is 32.7 Å². The highest BCUT2D eigenvalue weighted by Gasteiger charge is 2.16. The number of aromatic nitrogens is 1. The van der Waals surface area contributed by atoms with E-state index < -0.39 is 0 Å². The lowest BCUT2D eigenvalue weighted by Crippen LogP contribution is -2.29. The molecule has 1 aromatic heterocycles. The van der Waals surface area contributed by atoms with Gasteiger partial charge in [0, 0.05) is 25.2 Å². The summed E-state index contributed by atoms with van der Waals surface area (Å²) in [4.78, 5) is 19.7. The van der Waals surface area contributed by atoms with Crippen LogP contribution in [0, 0.1) is 6.92 Å². The van der Waals surface area contributed by atoms with Crippen LogP contribution in [0.15, 0.2) is 42.5 Å². The Kier molecular flexibility index (Phi) is 4.89. The van der Waals surface area contributed by atoms with Crippen LogP contribution in [0.2, 0.25) is 0 Å². The maximum atomic E-state index is 12.5. The Balaban J connectivity index is 1.49. The molecule has 0 atom stereocenters. The summed E-state index contributed by atoms with van der Waals surface area (Å²) >= 11 is 1.69.